The lowest BCUT2D eigenvalue weighted by atomic mass is 9.96. The van der Waals surface area contributed by atoms with Crippen molar-refractivity contribution in [2.24, 2.45) is 0 Å². The van der Waals surface area contributed by atoms with E-state index in [1.54, 1.807) is 13.8 Å². The van der Waals surface area contributed by atoms with Crippen LogP contribution in [0.2, 0.25) is 5.15 Å². The van der Waals surface area contributed by atoms with Crippen LogP contribution in [-0.4, -0.2) is 22.4 Å². The SMILES string of the molecule is CC(C)(OB(O)O)c1cc2ccccc2nc1Cl. The summed E-state index contributed by atoms with van der Waals surface area (Å²) >= 11 is 6.12. The van der Waals surface area contributed by atoms with Gasteiger partial charge in [0.2, 0.25) is 0 Å². The third-order valence-corrected chi connectivity index (χ3v) is 3.01. The lowest BCUT2D eigenvalue weighted by Gasteiger charge is -2.26. The third-order valence-electron chi connectivity index (χ3n) is 2.73. The first-order chi connectivity index (χ1) is 8.40. The number of fused-ring (bicyclic) bond motifs is 1. The Bertz CT molecular complexity index is 574. The molecule has 0 aliphatic rings. The van der Waals surface area contributed by atoms with Gasteiger partial charge >= 0.3 is 7.32 Å². The predicted molar refractivity (Wildman–Crippen MR) is 71.1 cm³/mol. The summed E-state index contributed by atoms with van der Waals surface area (Å²) in [6, 6.07) is 9.39. The van der Waals surface area contributed by atoms with Gasteiger partial charge in [-0.3, -0.25) is 0 Å². The van der Waals surface area contributed by atoms with E-state index in [1.165, 1.54) is 0 Å². The van der Waals surface area contributed by atoms with Gasteiger partial charge in [-0.05, 0) is 26.0 Å². The third kappa shape index (κ3) is 2.65. The van der Waals surface area contributed by atoms with Crippen LogP contribution in [0.15, 0.2) is 30.3 Å². The normalized spacial score (nSPS) is 11.8. The topological polar surface area (TPSA) is 62.6 Å². The molecule has 0 atom stereocenters. The Kier molecular flexibility index (Phi) is 3.59. The molecule has 18 heavy (non-hydrogen) atoms. The number of benzene rings is 1. The highest BCUT2D eigenvalue weighted by Crippen LogP contribution is 2.32. The van der Waals surface area contributed by atoms with E-state index >= 15 is 0 Å². The fourth-order valence-electron chi connectivity index (χ4n) is 1.84. The van der Waals surface area contributed by atoms with Gasteiger partial charge in [0.15, 0.2) is 0 Å². The number of halogens is 1. The van der Waals surface area contributed by atoms with Crippen molar-refractivity contribution in [2.75, 3.05) is 0 Å². The van der Waals surface area contributed by atoms with Gasteiger partial charge in [0, 0.05) is 10.9 Å². The van der Waals surface area contributed by atoms with E-state index in [0.29, 0.717) is 10.7 Å². The van der Waals surface area contributed by atoms with Crippen molar-refractivity contribution in [3.8, 4) is 0 Å². The van der Waals surface area contributed by atoms with Crippen LogP contribution in [0.1, 0.15) is 19.4 Å². The summed E-state index contributed by atoms with van der Waals surface area (Å²) in [5.41, 5.74) is 0.449. The summed E-state index contributed by atoms with van der Waals surface area (Å²) in [4.78, 5) is 4.27. The van der Waals surface area contributed by atoms with Crippen molar-refractivity contribution in [1.82, 2.24) is 4.98 Å². The second-order valence-corrected chi connectivity index (χ2v) is 4.83. The molecule has 6 heteroatoms. The predicted octanol–water partition coefficient (Wildman–Crippen LogP) is 2.11. The summed E-state index contributed by atoms with van der Waals surface area (Å²) in [5, 5.41) is 19.1. The van der Waals surface area contributed by atoms with Crippen molar-refractivity contribution >= 4 is 29.8 Å². The molecule has 0 bridgehead atoms. The smallest absolute Gasteiger partial charge is 0.402 e. The number of hydrogen-bond acceptors (Lipinski definition) is 4. The van der Waals surface area contributed by atoms with Crippen molar-refractivity contribution < 1.29 is 14.7 Å². The monoisotopic (exact) mass is 265 g/mol. The molecule has 2 rings (SSSR count). The lowest BCUT2D eigenvalue weighted by Crippen LogP contribution is -2.32. The highest BCUT2D eigenvalue weighted by molar-refractivity contribution is 6.33. The van der Waals surface area contributed by atoms with Crippen LogP contribution in [0.4, 0.5) is 0 Å². The van der Waals surface area contributed by atoms with Crippen molar-refractivity contribution in [3.63, 3.8) is 0 Å². The molecular weight excluding hydrogens is 252 g/mol. The Morgan fingerprint density at radius 3 is 2.61 bits per heavy atom. The number of nitrogens with zero attached hydrogens (tertiary/aromatic N) is 1. The van der Waals surface area contributed by atoms with Crippen LogP contribution in [0.25, 0.3) is 10.9 Å². The van der Waals surface area contributed by atoms with Gasteiger partial charge < -0.3 is 14.7 Å². The summed E-state index contributed by atoms with van der Waals surface area (Å²) in [6.45, 7) is 3.40. The second kappa shape index (κ2) is 4.86. The molecule has 0 amide bonds. The van der Waals surface area contributed by atoms with Crippen LogP contribution < -0.4 is 0 Å². The van der Waals surface area contributed by atoms with Gasteiger partial charge in [-0.2, -0.15) is 0 Å². The Morgan fingerprint density at radius 1 is 1.28 bits per heavy atom. The molecule has 94 valence electrons. The lowest BCUT2D eigenvalue weighted by molar-refractivity contribution is 0.0471. The second-order valence-electron chi connectivity index (χ2n) is 4.47. The van der Waals surface area contributed by atoms with Crippen molar-refractivity contribution in [2.45, 2.75) is 19.4 Å². The molecule has 0 unspecified atom stereocenters. The summed E-state index contributed by atoms with van der Waals surface area (Å²) < 4.78 is 5.04. The highest BCUT2D eigenvalue weighted by Gasteiger charge is 2.30. The Hall–Kier alpha value is -1.14. The molecule has 2 aromatic rings. The minimum atomic E-state index is -1.86. The number of pyridine rings is 1. The maximum atomic E-state index is 8.92. The first-order valence-corrected chi connectivity index (χ1v) is 5.88. The minimum Gasteiger partial charge on any atom is -0.402 e. The summed E-state index contributed by atoms with van der Waals surface area (Å²) in [5.74, 6) is 0. The number of rotatable bonds is 3. The molecule has 4 nitrogen and oxygen atoms in total. The van der Waals surface area contributed by atoms with E-state index in [-0.39, 0.29) is 0 Å². The van der Waals surface area contributed by atoms with Gasteiger partial charge in [-0.1, -0.05) is 29.8 Å². The fraction of sp³-hybridized carbons (Fsp3) is 0.250. The van der Waals surface area contributed by atoms with E-state index in [9.17, 15) is 0 Å². The van der Waals surface area contributed by atoms with E-state index in [0.717, 1.165) is 10.9 Å². The molecular formula is C12H13BClNO3. The fourth-order valence-corrected chi connectivity index (χ4v) is 2.21. The van der Waals surface area contributed by atoms with Crippen molar-refractivity contribution in [3.05, 3.63) is 41.0 Å². The molecule has 0 aliphatic heterocycles. The summed E-state index contributed by atoms with van der Waals surface area (Å²) in [7, 11) is -1.86. The number of hydrogen-bond donors (Lipinski definition) is 2. The standard InChI is InChI=1S/C12H13BClNO3/c1-12(2,18-13(16)17)9-7-8-5-3-4-6-10(8)15-11(9)14/h3-7,16-17H,1-2H3. The number of aromatic nitrogens is 1. The van der Waals surface area contributed by atoms with E-state index in [2.05, 4.69) is 4.98 Å². The van der Waals surface area contributed by atoms with E-state index in [4.69, 9.17) is 26.3 Å². The zero-order valence-electron chi connectivity index (χ0n) is 10.1. The first kappa shape index (κ1) is 13.3. The molecule has 0 fully saturated rings. The molecule has 0 aliphatic carbocycles. The zero-order valence-corrected chi connectivity index (χ0v) is 10.8. The van der Waals surface area contributed by atoms with E-state index in [1.807, 2.05) is 30.3 Å². The first-order valence-electron chi connectivity index (χ1n) is 5.50. The maximum Gasteiger partial charge on any atom is 0.634 e. The molecule has 0 spiro atoms. The molecule has 1 heterocycles. The van der Waals surface area contributed by atoms with Gasteiger partial charge in [-0.15, -0.1) is 0 Å². The van der Waals surface area contributed by atoms with Crippen LogP contribution in [-0.2, 0) is 10.3 Å². The van der Waals surface area contributed by atoms with Gasteiger partial charge in [0.05, 0.1) is 11.1 Å². The van der Waals surface area contributed by atoms with Crippen LogP contribution in [0.3, 0.4) is 0 Å². The molecule has 2 N–H and O–H groups in total. The molecule has 1 aromatic carbocycles. The maximum absolute atomic E-state index is 8.92. The zero-order chi connectivity index (χ0) is 13.3. The van der Waals surface area contributed by atoms with Gasteiger partial charge in [0.1, 0.15) is 5.15 Å². The average molecular weight is 266 g/mol. The minimum absolute atomic E-state index is 0.291. The molecule has 0 radical (unpaired) electrons. The van der Waals surface area contributed by atoms with Gasteiger partial charge in [0.25, 0.3) is 0 Å². The molecule has 0 saturated carbocycles. The molecule has 0 saturated heterocycles. The Balaban J connectivity index is 2.53. The number of para-hydroxylation sites is 1. The van der Waals surface area contributed by atoms with Crippen LogP contribution in [0, 0.1) is 0 Å². The average Bonchev–Trinajstić information content (AvgIpc) is 2.26. The quantitative estimate of drug-likeness (QED) is 0.659. The Labute approximate surface area is 110 Å². The highest BCUT2D eigenvalue weighted by atomic mass is 35.5. The van der Waals surface area contributed by atoms with Gasteiger partial charge in [-0.25, -0.2) is 4.98 Å². The van der Waals surface area contributed by atoms with E-state index < -0.39 is 12.9 Å². The summed E-state index contributed by atoms with van der Waals surface area (Å²) in [6.07, 6.45) is 0. The van der Waals surface area contributed by atoms with Crippen molar-refractivity contribution in [1.29, 1.82) is 0 Å². The van der Waals surface area contributed by atoms with Crippen LogP contribution in [0.5, 0.6) is 0 Å². The Morgan fingerprint density at radius 2 is 1.94 bits per heavy atom. The largest absolute Gasteiger partial charge is 0.634 e. The molecule has 1 aromatic heterocycles. The van der Waals surface area contributed by atoms with Crippen LogP contribution >= 0.6 is 11.6 Å².